The van der Waals surface area contributed by atoms with Gasteiger partial charge in [-0.2, -0.15) is 0 Å². The van der Waals surface area contributed by atoms with E-state index in [1.807, 2.05) is 31.2 Å². The number of hydrogen-bond acceptors (Lipinski definition) is 3. The van der Waals surface area contributed by atoms with E-state index in [4.69, 9.17) is 0 Å². The van der Waals surface area contributed by atoms with Crippen LogP contribution in [-0.4, -0.2) is 29.2 Å². The second kappa shape index (κ2) is 6.84. The lowest BCUT2D eigenvalue weighted by Gasteiger charge is -2.14. The van der Waals surface area contributed by atoms with Crippen LogP contribution < -0.4 is 5.32 Å². The fourth-order valence-corrected chi connectivity index (χ4v) is 2.80. The maximum absolute atomic E-state index is 13.8. The molecule has 2 aromatic rings. The number of carbonyl (C=O) groups excluding carboxylic acids is 3. The Morgan fingerprint density at radius 1 is 1.08 bits per heavy atom. The standard InChI is InChI=1S/C19H17FN2O3/c1-12-5-2-3-6-13(12)11-21-16(23)9-10-22-18(24)14-7-4-8-15(20)17(14)19(22)25/h2-8H,9-11H2,1H3,(H,21,23). The summed E-state index contributed by atoms with van der Waals surface area (Å²) in [6, 6.07) is 11.6. The van der Waals surface area contributed by atoms with Crippen molar-refractivity contribution in [2.75, 3.05) is 6.54 Å². The van der Waals surface area contributed by atoms with Gasteiger partial charge in [0.1, 0.15) is 5.82 Å². The van der Waals surface area contributed by atoms with E-state index in [1.54, 1.807) is 0 Å². The van der Waals surface area contributed by atoms with Gasteiger partial charge in [-0.15, -0.1) is 0 Å². The predicted molar refractivity (Wildman–Crippen MR) is 89.4 cm³/mol. The number of aryl methyl sites for hydroxylation is 1. The molecule has 0 spiro atoms. The summed E-state index contributed by atoms with van der Waals surface area (Å²) in [7, 11) is 0. The maximum Gasteiger partial charge on any atom is 0.264 e. The van der Waals surface area contributed by atoms with Crippen molar-refractivity contribution in [2.24, 2.45) is 0 Å². The Bertz CT molecular complexity index is 863. The zero-order chi connectivity index (χ0) is 18.0. The second-order valence-electron chi connectivity index (χ2n) is 5.88. The lowest BCUT2D eigenvalue weighted by Crippen LogP contribution is -2.34. The van der Waals surface area contributed by atoms with Crippen LogP contribution in [0.4, 0.5) is 4.39 Å². The predicted octanol–water partition coefficient (Wildman–Crippen LogP) is 2.44. The Morgan fingerprint density at radius 2 is 1.84 bits per heavy atom. The molecule has 0 bridgehead atoms. The molecular formula is C19H17FN2O3. The molecule has 1 aliphatic rings. The number of fused-ring (bicyclic) bond motifs is 1. The van der Waals surface area contributed by atoms with E-state index < -0.39 is 17.6 Å². The third kappa shape index (κ3) is 3.28. The van der Waals surface area contributed by atoms with E-state index >= 15 is 0 Å². The summed E-state index contributed by atoms with van der Waals surface area (Å²) in [6.45, 7) is 2.25. The molecule has 0 fully saturated rings. The van der Waals surface area contributed by atoms with Crippen molar-refractivity contribution in [1.29, 1.82) is 0 Å². The molecule has 25 heavy (non-hydrogen) atoms. The fraction of sp³-hybridized carbons (Fsp3) is 0.211. The SMILES string of the molecule is Cc1ccccc1CNC(=O)CCN1C(=O)c2cccc(F)c2C1=O. The summed E-state index contributed by atoms with van der Waals surface area (Å²) in [4.78, 5) is 37.3. The Balaban J connectivity index is 1.58. The zero-order valence-corrected chi connectivity index (χ0v) is 13.7. The highest BCUT2D eigenvalue weighted by atomic mass is 19.1. The van der Waals surface area contributed by atoms with E-state index in [0.717, 1.165) is 22.1 Å². The molecule has 0 aliphatic carbocycles. The van der Waals surface area contributed by atoms with Gasteiger partial charge in [0.25, 0.3) is 11.8 Å². The Hall–Kier alpha value is -3.02. The molecule has 1 heterocycles. The molecule has 128 valence electrons. The Labute approximate surface area is 144 Å². The normalized spacial score (nSPS) is 13.1. The number of carbonyl (C=O) groups is 3. The van der Waals surface area contributed by atoms with Crippen molar-refractivity contribution in [1.82, 2.24) is 10.2 Å². The number of halogens is 1. The Kier molecular flexibility index (Phi) is 4.61. The van der Waals surface area contributed by atoms with Crippen LogP contribution >= 0.6 is 0 Å². The summed E-state index contributed by atoms with van der Waals surface area (Å²) in [5.74, 6) is -2.25. The number of nitrogens with zero attached hydrogens (tertiary/aromatic N) is 1. The van der Waals surface area contributed by atoms with Crippen LogP contribution in [0.2, 0.25) is 0 Å². The molecule has 1 aliphatic heterocycles. The first-order chi connectivity index (χ1) is 12.0. The molecule has 3 amide bonds. The number of nitrogens with one attached hydrogen (secondary N) is 1. The van der Waals surface area contributed by atoms with Gasteiger partial charge in [0.05, 0.1) is 11.1 Å². The van der Waals surface area contributed by atoms with Crippen molar-refractivity contribution < 1.29 is 18.8 Å². The molecule has 5 nitrogen and oxygen atoms in total. The summed E-state index contributed by atoms with van der Waals surface area (Å²) in [6.07, 6.45) is -0.0288. The molecule has 0 saturated heterocycles. The van der Waals surface area contributed by atoms with E-state index in [0.29, 0.717) is 6.54 Å². The van der Waals surface area contributed by atoms with Crippen molar-refractivity contribution in [3.63, 3.8) is 0 Å². The average Bonchev–Trinajstić information content (AvgIpc) is 2.84. The molecule has 0 radical (unpaired) electrons. The highest BCUT2D eigenvalue weighted by molar-refractivity contribution is 6.21. The molecular weight excluding hydrogens is 323 g/mol. The lowest BCUT2D eigenvalue weighted by atomic mass is 10.1. The van der Waals surface area contributed by atoms with E-state index in [2.05, 4.69) is 5.32 Å². The van der Waals surface area contributed by atoms with Crippen LogP contribution in [0.3, 0.4) is 0 Å². The van der Waals surface area contributed by atoms with Gasteiger partial charge >= 0.3 is 0 Å². The monoisotopic (exact) mass is 340 g/mol. The molecule has 3 rings (SSSR count). The highest BCUT2D eigenvalue weighted by Crippen LogP contribution is 2.25. The van der Waals surface area contributed by atoms with Gasteiger partial charge in [0, 0.05) is 19.5 Å². The van der Waals surface area contributed by atoms with Crippen LogP contribution in [-0.2, 0) is 11.3 Å². The van der Waals surface area contributed by atoms with E-state index in [1.165, 1.54) is 12.1 Å². The molecule has 0 unspecified atom stereocenters. The van der Waals surface area contributed by atoms with Gasteiger partial charge in [-0.3, -0.25) is 19.3 Å². The minimum absolute atomic E-state index is 0.0288. The van der Waals surface area contributed by atoms with Crippen LogP contribution in [0.5, 0.6) is 0 Å². The number of benzene rings is 2. The number of imide groups is 1. The van der Waals surface area contributed by atoms with Gasteiger partial charge in [-0.05, 0) is 30.2 Å². The van der Waals surface area contributed by atoms with Crippen molar-refractivity contribution >= 4 is 17.7 Å². The van der Waals surface area contributed by atoms with Crippen LogP contribution in [0.1, 0.15) is 38.3 Å². The van der Waals surface area contributed by atoms with Crippen molar-refractivity contribution in [3.05, 3.63) is 70.5 Å². The summed E-state index contributed by atoms with van der Waals surface area (Å²) in [5, 5.41) is 2.76. The minimum Gasteiger partial charge on any atom is -0.352 e. The minimum atomic E-state index is -0.720. The van der Waals surface area contributed by atoms with Gasteiger partial charge in [-0.25, -0.2) is 4.39 Å². The van der Waals surface area contributed by atoms with Crippen LogP contribution in [0.25, 0.3) is 0 Å². The summed E-state index contributed by atoms with van der Waals surface area (Å²) >= 11 is 0. The van der Waals surface area contributed by atoms with Crippen LogP contribution in [0.15, 0.2) is 42.5 Å². The quantitative estimate of drug-likeness (QED) is 0.850. The number of rotatable bonds is 5. The first-order valence-electron chi connectivity index (χ1n) is 7.95. The van der Waals surface area contributed by atoms with Crippen molar-refractivity contribution in [3.8, 4) is 0 Å². The third-order valence-corrected chi connectivity index (χ3v) is 4.25. The van der Waals surface area contributed by atoms with Gasteiger partial charge < -0.3 is 5.32 Å². The number of amides is 3. The first kappa shape index (κ1) is 16.8. The van der Waals surface area contributed by atoms with Gasteiger partial charge in [-0.1, -0.05) is 30.3 Å². The topological polar surface area (TPSA) is 66.5 Å². The van der Waals surface area contributed by atoms with Crippen molar-refractivity contribution in [2.45, 2.75) is 19.9 Å². The number of hydrogen-bond donors (Lipinski definition) is 1. The smallest absolute Gasteiger partial charge is 0.264 e. The molecule has 1 N–H and O–H groups in total. The average molecular weight is 340 g/mol. The highest BCUT2D eigenvalue weighted by Gasteiger charge is 2.37. The second-order valence-corrected chi connectivity index (χ2v) is 5.88. The van der Waals surface area contributed by atoms with Gasteiger partial charge in [0.15, 0.2) is 0 Å². The summed E-state index contributed by atoms with van der Waals surface area (Å²) < 4.78 is 13.8. The first-order valence-corrected chi connectivity index (χ1v) is 7.95. The largest absolute Gasteiger partial charge is 0.352 e. The Morgan fingerprint density at radius 3 is 2.56 bits per heavy atom. The van der Waals surface area contributed by atoms with E-state index in [9.17, 15) is 18.8 Å². The third-order valence-electron chi connectivity index (χ3n) is 4.25. The maximum atomic E-state index is 13.8. The molecule has 0 aromatic heterocycles. The van der Waals surface area contributed by atoms with E-state index in [-0.39, 0.29) is 30.0 Å². The zero-order valence-electron chi connectivity index (χ0n) is 13.7. The van der Waals surface area contributed by atoms with Crippen LogP contribution in [0, 0.1) is 12.7 Å². The lowest BCUT2D eigenvalue weighted by molar-refractivity contribution is -0.121. The molecule has 0 atom stereocenters. The molecule has 6 heteroatoms. The molecule has 2 aromatic carbocycles. The van der Waals surface area contributed by atoms with Gasteiger partial charge in [0.2, 0.25) is 5.91 Å². The fourth-order valence-electron chi connectivity index (χ4n) is 2.80. The summed E-state index contributed by atoms with van der Waals surface area (Å²) in [5.41, 5.74) is 1.90. The molecule has 0 saturated carbocycles.